The number of aromatic hydroxyl groups is 1. The van der Waals surface area contributed by atoms with Gasteiger partial charge in [0.2, 0.25) is 0 Å². The molecule has 8 N–H and O–H groups in total. The molecule has 1 saturated heterocycles. The first kappa shape index (κ1) is 96.8. The average Bonchev–Trinajstić information content (AvgIpc) is 1.65. The van der Waals surface area contributed by atoms with Crippen LogP contribution in [0.4, 0.5) is 5.82 Å². The summed E-state index contributed by atoms with van der Waals surface area (Å²) in [5.41, 5.74) is 24.7. The van der Waals surface area contributed by atoms with Crippen molar-refractivity contribution >= 4 is 154 Å². The van der Waals surface area contributed by atoms with Crippen molar-refractivity contribution in [1.82, 2.24) is 68.2 Å². The van der Waals surface area contributed by atoms with Gasteiger partial charge in [-0.3, -0.25) is 42.2 Å². The van der Waals surface area contributed by atoms with Crippen LogP contribution in [0.15, 0.2) is 188 Å². The number of anilines is 1. The summed E-state index contributed by atoms with van der Waals surface area (Å²) in [5.74, 6) is -2.72. The van der Waals surface area contributed by atoms with Crippen molar-refractivity contribution in [2.75, 3.05) is 26.0 Å². The van der Waals surface area contributed by atoms with E-state index in [1.54, 1.807) is 112 Å². The van der Waals surface area contributed by atoms with Crippen LogP contribution in [0.5, 0.6) is 5.75 Å². The lowest BCUT2D eigenvalue weighted by Gasteiger charge is -2.32. The van der Waals surface area contributed by atoms with Crippen molar-refractivity contribution in [2.45, 2.75) is 119 Å². The van der Waals surface area contributed by atoms with Gasteiger partial charge in [-0.25, -0.2) is 28.7 Å². The highest BCUT2D eigenvalue weighted by Gasteiger charge is 2.52. The normalized spacial score (nSPS) is 13.8. The summed E-state index contributed by atoms with van der Waals surface area (Å²) in [4.78, 5) is 93.1. The highest BCUT2D eigenvalue weighted by atomic mass is 32.1. The number of hydrogen-bond acceptors (Lipinski definition) is 27. The molecule has 39 heteroatoms. The minimum Gasteiger partial charge on any atom is -0.506 e. The summed E-state index contributed by atoms with van der Waals surface area (Å²) in [7, 11) is 8.93. The van der Waals surface area contributed by atoms with Crippen LogP contribution >= 0.6 is 68.0 Å². The van der Waals surface area contributed by atoms with Gasteiger partial charge in [0.15, 0.2) is 24.7 Å². The second kappa shape index (κ2) is 41.7. The Hall–Kier alpha value is -13.2. The largest absolute Gasteiger partial charge is 0.506 e. The number of nitrogens with zero attached hydrogens (tertiary/aromatic N) is 15. The topological polar surface area (TPSA) is 408 Å². The van der Waals surface area contributed by atoms with Gasteiger partial charge in [-0.05, 0) is 170 Å². The molecule has 1 fully saturated rings. The van der Waals surface area contributed by atoms with Crippen molar-refractivity contribution in [2.24, 2.45) is 39.0 Å². The Kier molecular flexibility index (Phi) is 30.8. The van der Waals surface area contributed by atoms with Gasteiger partial charge >= 0.3 is 31.0 Å². The van der Waals surface area contributed by atoms with Gasteiger partial charge in [-0.15, -0.1) is 73.1 Å². The zero-order valence-electron chi connectivity index (χ0n) is 75.3. The summed E-state index contributed by atoms with van der Waals surface area (Å²) in [6, 6.07) is 24.0. The molecule has 32 nitrogen and oxygen atoms in total. The number of ether oxygens (including phenoxy) is 2. The Balaban J connectivity index is 0.000000145. The van der Waals surface area contributed by atoms with Crippen molar-refractivity contribution < 1.29 is 62.8 Å². The summed E-state index contributed by atoms with van der Waals surface area (Å²) in [6.45, 7) is 25.5. The Morgan fingerprint density at radius 2 is 1.05 bits per heavy atom. The number of aryl methyl sites for hydroxylation is 9. The van der Waals surface area contributed by atoms with Crippen molar-refractivity contribution in [3.05, 3.63) is 264 Å². The number of carbonyl (C=O) groups is 5. The molecule has 14 aromatic heterocycles. The molecule has 0 spiro atoms. The van der Waals surface area contributed by atoms with E-state index in [2.05, 4.69) is 46.3 Å². The number of aromatic carboxylic acids is 2. The van der Waals surface area contributed by atoms with E-state index in [4.69, 9.17) is 40.5 Å². The Morgan fingerprint density at radius 3 is 1.51 bits per heavy atom. The molecule has 0 saturated carbocycles. The summed E-state index contributed by atoms with van der Waals surface area (Å²) < 4.78 is 36.6. The maximum Gasteiger partial charge on any atom is 0.498 e. The quantitative estimate of drug-likeness (QED) is 0.0280. The fourth-order valence-electron chi connectivity index (χ4n) is 14.2. The lowest BCUT2D eigenvalue weighted by atomic mass is 9.82. The predicted octanol–water partition coefficient (Wildman–Crippen LogP) is 15.9. The van der Waals surface area contributed by atoms with Crippen LogP contribution in [0.3, 0.4) is 0 Å². The van der Waals surface area contributed by atoms with Gasteiger partial charge in [0.1, 0.15) is 22.8 Å². The summed E-state index contributed by atoms with van der Waals surface area (Å²) in [6.07, 6.45) is 21.4. The Bertz CT molecular complexity index is 6820. The third-order valence-electron chi connectivity index (χ3n) is 21.4. The SMILES string of the molecule is CCOC(=O)c1c(C)csc1C.CCOC(=O)c1c(O)csc1C.C[C@H](N)c1cc2scc(C3C=N[N+](C)=C3)c2c(=O)n1-c1ccccc1.C[C@H](NC(=O)c1c(N)nn2cccnc12)c1cc2scc(-c3cnn(C)c3)c2c(=O)n1-c1ccccc1.Cc1scc(-c2cnn(C)c2)c1C(=O)O.Cc1scc(-c2cnn(C)c2)c1C(=O)O.Cn1cc(B2OC(C)(C)C(C)(C)O2)cn1. The van der Waals surface area contributed by atoms with E-state index in [1.165, 1.54) is 55.2 Å². The molecular formula is C92H100BN18O14S6+. The van der Waals surface area contributed by atoms with Gasteiger partial charge in [0.25, 0.3) is 17.0 Å². The number of nitrogens with one attached hydrogen (secondary N) is 1. The van der Waals surface area contributed by atoms with Crippen molar-refractivity contribution in [1.29, 1.82) is 0 Å². The van der Waals surface area contributed by atoms with Gasteiger partial charge in [0, 0.05) is 179 Å². The first-order valence-electron chi connectivity index (χ1n) is 41.1. The van der Waals surface area contributed by atoms with E-state index in [0.717, 1.165) is 101 Å². The lowest BCUT2D eigenvalue weighted by molar-refractivity contribution is -0.494. The van der Waals surface area contributed by atoms with Crippen LogP contribution in [0, 0.1) is 34.6 Å². The monoisotopic (exact) mass is 1880 g/mol. The minimum absolute atomic E-state index is 0.0101. The molecule has 3 atom stereocenters. The number of nitrogens with two attached hydrogens (primary N) is 2. The molecule has 1 amide bonds. The first-order valence-corrected chi connectivity index (χ1v) is 46.4. The highest BCUT2D eigenvalue weighted by molar-refractivity contribution is 7.18. The molecule has 2 aliphatic rings. The molecule has 1 unspecified atom stereocenters. The molecule has 16 aromatic rings. The van der Waals surface area contributed by atoms with Crippen LogP contribution in [-0.2, 0) is 47.0 Å². The number of para-hydroxylation sites is 2. The second-order valence-electron chi connectivity index (χ2n) is 31.4. The van der Waals surface area contributed by atoms with Crippen LogP contribution in [-0.4, -0.2) is 164 Å². The molecule has 0 bridgehead atoms. The van der Waals surface area contributed by atoms with E-state index in [1.807, 2.05) is 243 Å². The van der Waals surface area contributed by atoms with Crippen molar-refractivity contribution in [3.63, 3.8) is 0 Å². The van der Waals surface area contributed by atoms with Crippen LogP contribution < -0.4 is 33.4 Å². The number of nitrogen functional groups attached to an aromatic ring is 1. The number of carboxylic acids is 2. The minimum atomic E-state index is -0.882. The van der Waals surface area contributed by atoms with Crippen molar-refractivity contribution in [3.8, 4) is 50.5 Å². The Morgan fingerprint density at radius 1 is 0.588 bits per heavy atom. The van der Waals surface area contributed by atoms with Gasteiger partial charge in [-0.2, -0.15) is 20.4 Å². The van der Waals surface area contributed by atoms with Crippen LogP contribution in [0.25, 0.3) is 70.6 Å². The number of amides is 1. The fourth-order valence-corrected chi connectivity index (χ4v) is 19.6. The highest BCUT2D eigenvalue weighted by Crippen LogP contribution is 2.40. The van der Waals surface area contributed by atoms with E-state index >= 15 is 0 Å². The number of fused-ring (bicyclic) bond motifs is 3. The number of carboxylic acid groups (broad SMARTS) is 2. The number of hydrazone groups is 1. The van der Waals surface area contributed by atoms with Gasteiger partial charge in [0.05, 0.1) is 82.7 Å². The Labute approximate surface area is 778 Å². The molecule has 0 aliphatic carbocycles. The zero-order valence-corrected chi connectivity index (χ0v) is 80.2. The number of benzene rings is 2. The predicted molar refractivity (Wildman–Crippen MR) is 518 cm³/mol. The number of rotatable bonds is 17. The number of thiophene rings is 6. The number of aromatic nitrogens is 13. The maximum absolute atomic E-state index is 14.0. The lowest BCUT2D eigenvalue weighted by Crippen LogP contribution is -2.41. The van der Waals surface area contributed by atoms with E-state index in [9.17, 15) is 38.7 Å². The molecule has 16 heterocycles. The van der Waals surface area contributed by atoms with Crippen LogP contribution in [0.2, 0.25) is 0 Å². The van der Waals surface area contributed by atoms with E-state index in [-0.39, 0.29) is 64.5 Å². The smallest absolute Gasteiger partial charge is 0.498 e. The number of esters is 2. The first-order chi connectivity index (χ1) is 62.3. The maximum atomic E-state index is 14.0. The fraction of sp³-hybridized carbons (Fsp3) is 0.272. The second-order valence-corrected chi connectivity index (χ2v) is 37.6. The number of carbonyl (C=O) groups excluding carboxylic acids is 3. The third-order valence-corrected chi connectivity index (χ3v) is 27.0. The molecule has 18 rings (SSSR count). The molecule has 0 radical (unpaired) electrons. The number of hydrogen-bond donors (Lipinski definition) is 6. The molecule has 680 valence electrons. The molecule has 2 aromatic carbocycles. The number of pyridine rings is 2. The van der Waals surface area contributed by atoms with E-state index < -0.39 is 29.9 Å². The molecule has 131 heavy (non-hydrogen) atoms. The average molecular weight is 1890 g/mol. The van der Waals surface area contributed by atoms with Gasteiger partial charge < -0.3 is 50.9 Å². The third kappa shape index (κ3) is 21.8. The standard InChI is InChI=1S/C26H22N8O2S.C19H19N4OS.C10H17BN2O2.2C10H10N2O2S.C9H12O2S.C8H10O3S/c1-15(30-25(35)22-23(27)31-33-10-6-9-28-24(22)33)19-11-20-21(18(14-37-20)16-12-29-32(2)13-16)26(36)34(19)17-7-4-3-5-8-17;1-12(20)16-8-17-18(15(11-25-17)13-9-21-22(2)10-13)19(24)23(16)14-6-4-3-5-7-14;1-9(2)10(3,4)15-11(14-9)8-6-12-13(5)7-8;2*1-6-9(10(13)14)8(5-15-6)7-3-11-12(2)4-7;1-4-11-9(10)8-6(2)5-12-7(8)3;1-3-11-8(10)7-5(2)12-4-6(7)9/h3-15H,1-2H3,(H2,27,31)(H,30,35);3-13H,20H2,1-2H3;6-7H,1-5H3;2*3-5H,1-2H3,(H,13,14);5H,4H2,1-3H3;4,9H,3H2,1-2H3/q;+1;;;;;/t15-;12-,13?;;;;;/m00...../s1. The van der Waals surface area contributed by atoms with Crippen LogP contribution in [0.1, 0.15) is 167 Å². The molecular weight excluding hydrogens is 1780 g/mol. The summed E-state index contributed by atoms with van der Waals surface area (Å²) >= 11 is 8.87. The zero-order chi connectivity index (χ0) is 94.8. The van der Waals surface area contributed by atoms with E-state index in [0.29, 0.717) is 52.3 Å². The van der Waals surface area contributed by atoms with Gasteiger partial charge in [-0.1, -0.05) is 41.1 Å². The summed E-state index contributed by atoms with van der Waals surface area (Å²) in [5, 5.41) is 67.9. The molecule has 2 aliphatic heterocycles.